The van der Waals surface area contributed by atoms with E-state index in [9.17, 15) is 0 Å². The molecule has 0 radical (unpaired) electrons. The molecule has 0 amide bonds. The molecule has 11 rings (SSSR count). The van der Waals surface area contributed by atoms with Crippen LogP contribution in [0, 0.1) is 0 Å². The van der Waals surface area contributed by atoms with Crippen molar-refractivity contribution >= 4 is 82.4 Å². The van der Waals surface area contributed by atoms with Gasteiger partial charge in [-0.15, -0.1) is 0 Å². The second-order valence-electron chi connectivity index (χ2n) is 13.7. The van der Waals surface area contributed by atoms with E-state index >= 15 is 0 Å². The third-order valence-electron chi connectivity index (χ3n) is 10.8. The maximum atomic E-state index is 6.51. The molecule has 2 heterocycles. The summed E-state index contributed by atoms with van der Waals surface area (Å²) in [6.07, 6.45) is 0. The molecule has 0 aliphatic carbocycles. The number of fused-ring (bicyclic) bond motifs is 9. The van der Waals surface area contributed by atoms with Crippen LogP contribution in [0.25, 0.3) is 82.1 Å². The molecule has 0 atom stereocenters. The van der Waals surface area contributed by atoms with E-state index < -0.39 is 0 Å². The Hall–Kier alpha value is -7.10. The molecular formula is C50H32N2O. The molecule has 3 heteroatoms. The lowest BCUT2D eigenvalue weighted by Gasteiger charge is -2.28. The molecule has 3 nitrogen and oxygen atoms in total. The van der Waals surface area contributed by atoms with Crippen LogP contribution >= 0.6 is 0 Å². The Labute approximate surface area is 306 Å². The maximum absolute atomic E-state index is 6.51. The summed E-state index contributed by atoms with van der Waals surface area (Å²) in [5.74, 6) is 0. The van der Waals surface area contributed by atoms with Gasteiger partial charge in [0, 0.05) is 49.1 Å². The molecule has 0 saturated heterocycles. The van der Waals surface area contributed by atoms with Crippen molar-refractivity contribution in [3.05, 3.63) is 194 Å². The quantitative estimate of drug-likeness (QED) is 0.181. The van der Waals surface area contributed by atoms with E-state index in [1.807, 2.05) is 12.1 Å². The highest BCUT2D eigenvalue weighted by Gasteiger charge is 2.20. The van der Waals surface area contributed by atoms with Crippen molar-refractivity contribution in [3.8, 4) is 16.8 Å². The fourth-order valence-corrected chi connectivity index (χ4v) is 8.34. The van der Waals surface area contributed by atoms with Gasteiger partial charge in [0.2, 0.25) is 0 Å². The summed E-state index contributed by atoms with van der Waals surface area (Å²) < 4.78 is 8.87. The first-order chi connectivity index (χ1) is 26.3. The number of hydrogen-bond acceptors (Lipinski definition) is 2. The zero-order chi connectivity index (χ0) is 34.9. The number of aromatic nitrogens is 1. The molecule has 11 aromatic rings. The SMILES string of the molecule is c1ccc(-n2c3ccccc3c3cc(-c4ccc(N(c5cccc6ccccc56)c5cccc6c5ccc5c7ccccc7oc65)cc4)ccc32)cc1. The van der Waals surface area contributed by atoms with Gasteiger partial charge in [-0.1, -0.05) is 127 Å². The summed E-state index contributed by atoms with van der Waals surface area (Å²) >= 11 is 0. The molecule has 248 valence electrons. The minimum atomic E-state index is 0.907. The Morgan fingerprint density at radius 3 is 1.85 bits per heavy atom. The molecule has 0 N–H and O–H groups in total. The molecular weight excluding hydrogens is 645 g/mol. The number of hydrogen-bond donors (Lipinski definition) is 0. The van der Waals surface area contributed by atoms with E-state index in [-0.39, 0.29) is 0 Å². The van der Waals surface area contributed by atoms with Crippen LogP contribution in [0.4, 0.5) is 17.1 Å². The first kappa shape index (κ1) is 29.6. The van der Waals surface area contributed by atoms with Crippen LogP contribution in [0.1, 0.15) is 0 Å². The lowest BCUT2D eigenvalue weighted by molar-refractivity contribution is 0.672. The van der Waals surface area contributed by atoms with Crippen LogP contribution in [0.5, 0.6) is 0 Å². The Bertz CT molecular complexity index is 3160. The summed E-state index contributed by atoms with van der Waals surface area (Å²) in [7, 11) is 0. The zero-order valence-corrected chi connectivity index (χ0v) is 28.8. The third-order valence-corrected chi connectivity index (χ3v) is 10.8. The van der Waals surface area contributed by atoms with Crippen molar-refractivity contribution in [3.63, 3.8) is 0 Å². The molecule has 9 aromatic carbocycles. The molecule has 0 saturated carbocycles. The minimum Gasteiger partial charge on any atom is -0.455 e. The Morgan fingerprint density at radius 2 is 0.981 bits per heavy atom. The molecule has 0 unspecified atom stereocenters. The van der Waals surface area contributed by atoms with E-state index in [0.717, 1.165) is 49.8 Å². The second-order valence-corrected chi connectivity index (χ2v) is 13.7. The first-order valence-corrected chi connectivity index (χ1v) is 18.1. The van der Waals surface area contributed by atoms with Crippen molar-refractivity contribution in [2.24, 2.45) is 0 Å². The van der Waals surface area contributed by atoms with Gasteiger partial charge in [0.05, 0.1) is 22.4 Å². The van der Waals surface area contributed by atoms with E-state index in [1.54, 1.807) is 0 Å². The normalized spacial score (nSPS) is 11.8. The largest absolute Gasteiger partial charge is 0.455 e. The standard InChI is InChI=1S/C50H32N2O/c1-2-14-36(15-3-1)51-46-20-8-6-17-39(46)44-32-35(26-31-48(44)51)33-24-27-37(28-25-33)52(45-21-10-13-34-12-4-5-16-38(34)45)47-22-11-19-42-40(47)29-30-43-41-18-7-9-23-49(41)53-50(42)43/h1-32H. The number of para-hydroxylation sites is 3. The van der Waals surface area contributed by atoms with Crippen LogP contribution in [0.3, 0.4) is 0 Å². The molecule has 0 aliphatic rings. The number of rotatable bonds is 5. The van der Waals surface area contributed by atoms with Crippen LogP contribution in [-0.2, 0) is 0 Å². The van der Waals surface area contributed by atoms with Gasteiger partial charge in [-0.2, -0.15) is 0 Å². The van der Waals surface area contributed by atoms with Gasteiger partial charge in [-0.05, 0) is 83.2 Å². The predicted octanol–water partition coefficient (Wildman–Crippen LogP) is 14.1. The Morgan fingerprint density at radius 1 is 0.377 bits per heavy atom. The number of benzene rings is 9. The van der Waals surface area contributed by atoms with Gasteiger partial charge in [0.1, 0.15) is 11.2 Å². The van der Waals surface area contributed by atoms with E-state index in [0.29, 0.717) is 0 Å². The smallest absolute Gasteiger partial charge is 0.143 e. The average molecular weight is 677 g/mol. The van der Waals surface area contributed by atoms with E-state index in [4.69, 9.17) is 4.42 Å². The van der Waals surface area contributed by atoms with Crippen LogP contribution in [0.2, 0.25) is 0 Å². The van der Waals surface area contributed by atoms with Gasteiger partial charge in [-0.25, -0.2) is 0 Å². The maximum Gasteiger partial charge on any atom is 0.143 e. The second kappa shape index (κ2) is 11.7. The Kier molecular flexibility index (Phi) is 6.55. The van der Waals surface area contributed by atoms with Gasteiger partial charge in [-0.3, -0.25) is 0 Å². The van der Waals surface area contributed by atoms with Crippen LogP contribution < -0.4 is 4.90 Å². The monoisotopic (exact) mass is 676 g/mol. The summed E-state index contributed by atoms with van der Waals surface area (Å²) in [6.45, 7) is 0. The lowest BCUT2D eigenvalue weighted by atomic mass is 10.00. The third kappa shape index (κ3) is 4.61. The Balaban J connectivity index is 1.08. The fraction of sp³-hybridized carbons (Fsp3) is 0. The number of anilines is 3. The van der Waals surface area contributed by atoms with Crippen molar-refractivity contribution in [1.29, 1.82) is 0 Å². The van der Waals surface area contributed by atoms with Crippen LogP contribution in [-0.4, -0.2) is 4.57 Å². The van der Waals surface area contributed by atoms with Crippen molar-refractivity contribution in [2.75, 3.05) is 4.90 Å². The fourth-order valence-electron chi connectivity index (χ4n) is 8.34. The van der Waals surface area contributed by atoms with Crippen LogP contribution in [0.15, 0.2) is 199 Å². The molecule has 0 spiro atoms. The summed E-state index contributed by atoms with van der Waals surface area (Å²) in [6, 6.07) is 69.7. The highest BCUT2D eigenvalue weighted by Crippen LogP contribution is 2.45. The van der Waals surface area contributed by atoms with Gasteiger partial charge in [0.15, 0.2) is 0 Å². The van der Waals surface area contributed by atoms with Gasteiger partial charge >= 0.3 is 0 Å². The van der Waals surface area contributed by atoms with Crippen molar-refractivity contribution in [2.45, 2.75) is 0 Å². The number of nitrogens with zero attached hydrogens (tertiary/aromatic N) is 2. The summed E-state index contributed by atoms with van der Waals surface area (Å²) in [5.41, 5.74) is 11.1. The molecule has 53 heavy (non-hydrogen) atoms. The van der Waals surface area contributed by atoms with E-state index in [1.165, 1.54) is 49.4 Å². The van der Waals surface area contributed by atoms with Crippen molar-refractivity contribution < 1.29 is 4.42 Å². The molecule has 2 aromatic heterocycles. The van der Waals surface area contributed by atoms with Crippen molar-refractivity contribution in [1.82, 2.24) is 4.57 Å². The molecule has 0 bridgehead atoms. The summed E-state index contributed by atoms with van der Waals surface area (Å²) in [5, 5.41) is 9.40. The zero-order valence-electron chi connectivity index (χ0n) is 28.8. The lowest BCUT2D eigenvalue weighted by Crippen LogP contribution is -2.11. The molecule has 0 aliphatic heterocycles. The predicted molar refractivity (Wildman–Crippen MR) is 223 cm³/mol. The van der Waals surface area contributed by atoms with E-state index in [2.05, 4.69) is 191 Å². The first-order valence-electron chi connectivity index (χ1n) is 18.1. The summed E-state index contributed by atoms with van der Waals surface area (Å²) in [4.78, 5) is 2.40. The highest BCUT2D eigenvalue weighted by atomic mass is 16.3. The van der Waals surface area contributed by atoms with Gasteiger partial charge in [0.25, 0.3) is 0 Å². The topological polar surface area (TPSA) is 21.3 Å². The number of furan rings is 1. The van der Waals surface area contributed by atoms with Gasteiger partial charge < -0.3 is 13.9 Å². The highest BCUT2D eigenvalue weighted by molar-refractivity contribution is 6.18. The minimum absolute atomic E-state index is 0.907. The molecule has 0 fully saturated rings. The average Bonchev–Trinajstić information content (AvgIpc) is 3.78.